The molecule has 1 aromatic carbocycles. The molecule has 0 aliphatic carbocycles. The smallest absolute Gasteiger partial charge is 0.242 e. The molecule has 3 rings (SSSR count). The lowest BCUT2D eigenvalue weighted by Crippen LogP contribution is -2.43. The Bertz CT molecular complexity index is 684. The molecule has 1 aliphatic heterocycles. The summed E-state index contributed by atoms with van der Waals surface area (Å²) < 4.78 is 10.4. The number of rotatable bonds is 5. The maximum absolute atomic E-state index is 12.1. The lowest BCUT2D eigenvalue weighted by molar-refractivity contribution is -0.133. The number of ether oxygens (including phenoxy) is 2. The Hall–Kier alpha value is -2.67. The zero-order valence-electron chi connectivity index (χ0n) is 13.6. The average molecular weight is 328 g/mol. The van der Waals surface area contributed by atoms with Gasteiger partial charge < -0.3 is 19.7 Å². The van der Waals surface area contributed by atoms with Crippen molar-refractivity contribution >= 4 is 11.9 Å². The standard InChI is InChI=1S/C17H20N4O3/c1-23-14-4-2-13(3-5-14)15-6-7-18-17(20-15)19-12-16(22)21-8-10-24-11-9-21/h2-7H,8-12H2,1H3,(H,18,19,20). The van der Waals surface area contributed by atoms with Crippen molar-refractivity contribution in [2.75, 3.05) is 45.3 Å². The fourth-order valence-electron chi connectivity index (χ4n) is 2.45. The molecule has 0 unspecified atom stereocenters. The van der Waals surface area contributed by atoms with Gasteiger partial charge in [0.25, 0.3) is 0 Å². The highest BCUT2D eigenvalue weighted by molar-refractivity contribution is 5.80. The minimum atomic E-state index is 0.0248. The summed E-state index contributed by atoms with van der Waals surface area (Å²) in [5, 5.41) is 3.00. The molecule has 1 fully saturated rings. The molecule has 1 aliphatic rings. The molecular formula is C17H20N4O3. The second-order valence-corrected chi connectivity index (χ2v) is 5.34. The number of nitrogens with zero attached hydrogens (tertiary/aromatic N) is 3. The number of morpholine rings is 1. The number of carbonyl (C=O) groups excluding carboxylic acids is 1. The summed E-state index contributed by atoms with van der Waals surface area (Å²) in [6, 6.07) is 9.46. The number of hydrogen-bond donors (Lipinski definition) is 1. The molecule has 1 aromatic heterocycles. The van der Waals surface area contributed by atoms with Crippen LogP contribution >= 0.6 is 0 Å². The molecule has 7 heteroatoms. The first-order valence-corrected chi connectivity index (χ1v) is 7.83. The van der Waals surface area contributed by atoms with E-state index in [2.05, 4.69) is 15.3 Å². The summed E-state index contributed by atoms with van der Waals surface area (Å²) in [6.45, 7) is 2.62. The number of amides is 1. The van der Waals surface area contributed by atoms with Crippen LogP contribution in [0.1, 0.15) is 0 Å². The third-order valence-corrected chi connectivity index (χ3v) is 3.80. The largest absolute Gasteiger partial charge is 0.497 e. The van der Waals surface area contributed by atoms with E-state index >= 15 is 0 Å². The van der Waals surface area contributed by atoms with E-state index in [4.69, 9.17) is 9.47 Å². The summed E-state index contributed by atoms with van der Waals surface area (Å²) in [7, 11) is 1.63. The molecule has 1 saturated heterocycles. The molecule has 0 bridgehead atoms. The Labute approximate surface area is 140 Å². The Kier molecular flexibility index (Phi) is 5.22. The van der Waals surface area contributed by atoms with Crippen LogP contribution in [0.2, 0.25) is 0 Å². The van der Waals surface area contributed by atoms with E-state index in [0.717, 1.165) is 17.0 Å². The lowest BCUT2D eigenvalue weighted by Gasteiger charge is -2.26. The van der Waals surface area contributed by atoms with Gasteiger partial charge in [-0.05, 0) is 30.3 Å². The van der Waals surface area contributed by atoms with Crippen LogP contribution in [-0.2, 0) is 9.53 Å². The van der Waals surface area contributed by atoms with Crippen molar-refractivity contribution in [3.8, 4) is 17.0 Å². The van der Waals surface area contributed by atoms with E-state index in [-0.39, 0.29) is 12.5 Å². The summed E-state index contributed by atoms with van der Waals surface area (Å²) in [4.78, 5) is 22.5. The lowest BCUT2D eigenvalue weighted by atomic mass is 10.1. The van der Waals surface area contributed by atoms with E-state index in [1.165, 1.54) is 0 Å². The minimum absolute atomic E-state index is 0.0248. The highest BCUT2D eigenvalue weighted by Gasteiger charge is 2.16. The number of nitrogens with one attached hydrogen (secondary N) is 1. The first-order valence-electron chi connectivity index (χ1n) is 7.83. The molecule has 0 radical (unpaired) electrons. The molecule has 24 heavy (non-hydrogen) atoms. The second kappa shape index (κ2) is 7.74. The number of carbonyl (C=O) groups is 1. The van der Waals surface area contributed by atoms with Gasteiger partial charge in [0, 0.05) is 24.8 Å². The Morgan fingerprint density at radius 1 is 1.25 bits per heavy atom. The van der Waals surface area contributed by atoms with Crippen LogP contribution in [0.15, 0.2) is 36.5 Å². The van der Waals surface area contributed by atoms with Crippen LogP contribution in [-0.4, -0.2) is 60.7 Å². The van der Waals surface area contributed by atoms with Crippen molar-refractivity contribution in [1.29, 1.82) is 0 Å². The van der Waals surface area contributed by atoms with Gasteiger partial charge in [-0.3, -0.25) is 4.79 Å². The Morgan fingerprint density at radius 3 is 2.71 bits per heavy atom. The van der Waals surface area contributed by atoms with Crippen molar-refractivity contribution < 1.29 is 14.3 Å². The summed E-state index contributed by atoms with van der Waals surface area (Å²) in [6.07, 6.45) is 1.67. The molecule has 1 N–H and O–H groups in total. The van der Waals surface area contributed by atoms with E-state index in [1.807, 2.05) is 30.3 Å². The first-order chi connectivity index (χ1) is 11.8. The molecule has 7 nitrogen and oxygen atoms in total. The first kappa shape index (κ1) is 16.2. The van der Waals surface area contributed by atoms with Gasteiger partial charge in [-0.15, -0.1) is 0 Å². The van der Waals surface area contributed by atoms with Gasteiger partial charge in [0.2, 0.25) is 11.9 Å². The molecule has 126 valence electrons. The molecule has 0 atom stereocenters. The van der Waals surface area contributed by atoms with Gasteiger partial charge in [-0.25, -0.2) is 9.97 Å². The van der Waals surface area contributed by atoms with Gasteiger partial charge in [0.1, 0.15) is 5.75 Å². The van der Waals surface area contributed by atoms with E-state index < -0.39 is 0 Å². The van der Waals surface area contributed by atoms with Crippen LogP contribution in [0.5, 0.6) is 5.75 Å². The van der Waals surface area contributed by atoms with Crippen molar-refractivity contribution in [2.45, 2.75) is 0 Å². The zero-order valence-corrected chi connectivity index (χ0v) is 13.6. The molecule has 0 spiro atoms. The Balaban J connectivity index is 1.63. The van der Waals surface area contributed by atoms with Gasteiger partial charge in [0.15, 0.2) is 0 Å². The predicted octanol–water partition coefficient (Wildman–Crippen LogP) is 1.42. The van der Waals surface area contributed by atoms with Crippen LogP contribution < -0.4 is 10.1 Å². The normalized spacial score (nSPS) is 14.3. The molecule has 2 heterocycles. The fraction of sp³-hybridized carbons (Fsp3) is 0.353. The number of benzene rings is 1. The topological polar surface area (TPSA) is 76.6 Å². The summed E-state index contributed by atoms with van der Waals surface area (Å²) in [5.41, 5.74) is 1.75. The molecule has 0 saturated carbocycles. The van der Waals surface area contributed by atoms with Crippen molar-refractivity contribution in [2.24, 2.45) is 0 Å². The van der Waals surface area contributed by atoms with Crippen molar-refractivity contribution in [3.05, 3.63) is 36.5 Å². The predicted molar refractivity (Wildman–Crippen MR) is 89.9 cm³/mol. The molecular weight excluding hydrogens is 308 g/mol. The number of anilines is 1. The van der Waals surface area contributed by atoms with Gasteiger partial charge >= 0.3 is 0 Å². The van der Waals surface area contributed by atoms with Crippen LogP contribution in [0, 0.1) is 0 Å². The maximum Gasteiger partial charge on any atom is 0.242 e. The third kappa shape index (κ3) is 3.99. The van der Waals surface area contributed by atoms with Crippen molar-refractivity contribution in [1.82, 2.24) is 14.9 Å². The zero-order chi connectivity index (χ0) is 16.8. The fourth-order valence-corrected chi connectivity index (χ4v) is 2.45. The van der Waals surface area contributed by atoms with Gasteiger partial charge in [0.05, 0.1) is 32.6 Å². The van der Waals surface area contributed by atoms with Crippen molar-refractivity contribution in [3.63, 3.8) is 0 Å². The highest BCUT2D eigenvalue weighted by Crippen LogP contribution is 2.20. The summed E-state index contributed by atoms with van der Waals surface area (Å²) in [5.74, 6) is 1.25. The monoisotopic (exact) mass is 328 g/mol. The quantitative estimate of drug-likeness (QED) is 0.895. The number of hydrogen-bond acceptors (Lipinski definition) is 6. The SMILES string of the molecule is COc1ccc(-c2ccnc(NCC(=O)N3CCOCC3)n2)cc1. The van der Waals surface area contributed by atoms with E-state index in [1.54, 1.807) is 18.2 Å². The van der Waals surface area contributed by atoms with Crippen LogP contribution in [0.4, 0.5) is 5.95 Å². The Morgan fingerprint density at radius 2 is 2.00 bits per heavy atom. The number of aromatic nitrogens is 2. The van der Waals surface area contributed by atoms with Gasteiger partial charge in [-0.2, -0.15) is 0 Å². The summed E-state index contributed by atoms with van der Waals surface area (Å²) >= 11 is 0. The molecule has 1 amide bonds. The highest BCUT2D eigenvalue weighted by atomic mass is 16.5. The average Bonchev–Trinajstić information content (AvgIpc) is 2.67. The molecule has 2 aromatic rings. The van der Waals surface area contributed by atoms with Crippen LogP contribution in [0.25, 0.3) is 11.3 Å². The maximum atomic E-state index is 12.1. The van der Waals surface area contributed by atoms with E-state index in [0.29, 0.717) is 32.3 Å². The van der Waals surface area contributed by atoms with Gasteiger partial charge in [-0.1, -0.05) is 0 Å². The minimum Gasteiger partial charge on any atom is -0.497 e. The van der Waals surface area contributed by atoms with E-state index in [9.17, 15) is 4.79 Å². The second-order valence-electron chi connectivity index (χ2n) is 5.34. The third-order valence-electron chi connectivity index (χ3n) is 3.80. The number of methoxy groups -OCH3 is 1. The van der Waals surface area contributed by atoms with Crippen LogP contribution in [0.3, 0.4) is 0 Å².